The molecule has 15 heavy (non-hydrogen) atoms. The lowest BCUT2D eigenvalue weighted by atomic mass is 10.1. The Kier molecular flexibility index (Phi) is 4.52. The molecule has 0 aliphatic heterocycles. The van der Waals surface area contributed by atoms with Crippen LogP contribution in [0.4, 0.5) is 5.69 Å². The van der Waals surface area contributed by atoms with Crippen molar-refractivity contribution < 1.29 is 4.92 Å². The molecule has 0 bridgehead atoms. The van der Waals surface area contributed by atoms with Gasteiger partial charge >= 0.3 is 0 Å². The molecule has 0 aromatic heterocycles. The van der Waals surface area contributed by atoms with Gasteiger partial charge in [0.15, 0.2) is 0 Å². The number of unbranched alkanes of at least 4 members (excludes halogenated alkanes) is 1. The Morgan fingerprint density at radius 1 is 1.40 bits per heavy atom. The number of rotatable bonds is 5. The maximum atomic E-state index is 10.6. The number of nitrogens with two attached hydrogens (primary N) is 1. The summed E-state index contributed by atoms with van der Waals surface area (Å²) in [5.74, 6) is 0. The molecule has 0 radical (unpaired) electrons. The van der Waals surface area contributed by atoms with Gasteiger partial charge in [0.1, 0.15) is 5.02 Å². The summed E-state index contributed by atoms with van der Waals surface area (Å²) in [4.78, 5) is 10.1. The first-order chi connectivity index (χ1) is 7.15. The molecule has 5 heteroatoms. The predicted molar refractivity (Wildman–Crippen MR) is 60.1 cm³/mol. The van der Waals surface area contributed by atoms with Gasteiger partial charge in [0.05, 0.1) is 4.92 Å². The van der Waals surface area contributed by atoms with Crippen LogP contribution >= 0.6 is 11.6 Å². The van der Waals surface area contributed by atoms with Gasteiger partial charge < -0.3 is 5.73 Å². The molecule has 0 saturated carbocycles. The van der Waals surface area contributed by atoms with E-state index in [1.807, 2.05) is 6.07 Å². The van der Waals surface area contributed by atoms with Crippen LogP contribution in [0.15, 0.2) is 18.2 Å². The highest BCUT2D eigenvalue weighted by molar-refractivity contribution is 6.32. The number of halogens is 1. The van der Waals surface area contributed by atoms with Crippen molar-refractivity contribution in [1.82, 2.24) is 0 Å². The molecule has 1 aromatic rings. The van der Waals surface area contributed by atoms with E-state index in [1.54, 1.807) is 6.07 Å². The Morgan fingerprint density at radius 2 is 2.13 bits per heavy atom. The summed E-state index contributed by atoms with van der Waals surface area (Å²) in [6.07, 6.45) is 2.67. The zero-order valence-corrected chi connectivity index (χ0v) is 9.04. The molecule has 82 valence electrons. The van der Waals surface area contributed by atoms with E-state index in [-0.39, 0.29) is 10.7 Å². The molecule has 2 N–H and O–H groups in total. The van der Waals surface area contributed by atoms with Crippen LogP contribution in [0.1, 0.15) is 18.4 Å². The molecule has 0 atom stereocenters. The van der Waals surface area contributed by atoms with Crippen molar-refractivity contribution in [3.63, 3.8) is 0 Å². The third kappa shape index (κ3) is 3.49. The van der Waals surface area contributed by atoms with Crippen molar-refractivity contribution in [3.8, 4) is 0 Å². The minimum Gasteiger partial charge on any atom is -0.330 e. The van der Waals surface area contributed by atoms with Gasteiger partial charge in [-0.15, -0.1) is 0 Å². The monoisotopic (exact) mass is 228 g/mol. The summed E-state index contributed by atoms with van der Waals surface area (Å²) < 4.78 is 0. The fourth-order valence-corrected chi connectivity index (χ4v) is 1.51. The van der Waals surface area contributed by atoms with Crippen LogP contribution in [0.3, 0.4) is 0 Å². The molecule has 1 rings (SSSR count). The van der Waals surface area contributed by atoms with E-state index in [0.29, 0.717) is 6.54 Å². The van der Waals surface area contributed by atoms with Crippen LogP contribution in [0.2, 0.25) is 5.02 Å². The maximum Gasteiger partial charge on any atom is 0.288 e. The summed E-state index contributed by atoms with van der Waals surface area (Å²) >= 11 is 5.69. The molecular weight excluding hydrogens is 216 g/mol. The Hall–Kier alpha value is -1.13. The minimum atomic E-state index is -0.464. The second-order valence-electron chi connectivity index (χ2n) is 3.29. The predicted octanol–water partition coefficient (Wildman–Crippen LogP) is 2.53. The summed E-state index contributed by atoms with van der Waals surface area (Å²) in [5, 5.41) is 10.8. The first-order valence-electron chi connectivity index (χ1n) is 4.78. The molecule has 4 nitrogen and oxygen atoms in total. The third-order valence-corrected chi connectivity index (χ3v) is 2.45. The molecule has 0 spiro atoms. The first-order valence-corrected chi connectivity index (χ1v) is 5.16. The van der Waals surface area contributed by atoms with E-state index in [0.717, 1.165) is 24.8 Å². The summed E-state index contributed by atoms with van der Waals surface area (Å²) in [5.41, 5.74) is 6.27. The topological polar surface area (TPSA) is 69.2 Å². The molecule has 1 aromatic carbocycles. The Labute approximate surface area is 93.2 Å². The van der Waals surface area contributed by atoms with Crippen molar-refractivity contribution >= 4 is 17.3 Å². The zero-order valence-electron chi connectivity index (χ0n) is 8.28. The molecular formula is C10H13ClN2O2. The van der Waals surface area contributed by atoms with Crippen molar-refractivity contribution in [2.45, 2.75) is 19.3 Å². The third-order valence-electron chi connectivity index (χ3n) is 2.13. The van der Waals surface area contributed by atoms with Crippen LogP contribution in [-0.4, -0.2) is 11.5 Å². The molecule has 0 unspecified atom stereocenters. The van der Waals surface area contributed by atoms with Gasteiger partial charge in [0.25, 0.3) is 5.69 Å². The highest BCUT2D eigenvalue weighted by atomic mass is 35.5. The smallest absolute Gasteiger partial charge is 0.288 e. The normalized spacial score (nSPS) is 10.3. The lowest BCUT2D eigenvalue weighted by molar-refractivity contribution is -0.384. The Bertz CT molecular complexity index is 355. The lowest BCUT2D eigenvalue weighted by Gasteiger charge is -2.01. The Balaban J connectivity index is 2.74. The van der Waals surface area contributed by atoms with Crippen LogP contribution in [-0.2, 0) is 6.42 Å². The fraction of sp³-hybridized carbons (Fsp3) is 0.400. The fourth-order valence-electron chi connectivity index (χ4n) is 1.33. The van der Waals surface area contributed by atoms with E-state index in [2.05, 4.69) is 0 Å². The van der Waals surface area contributed by atoms with Crippen molar-refractivity contribution in [1.29, 1.82) is 0 Å². The largest absolute Gasteiger partial charge is 0.330 e. The SMILES string of the molecule is NCCCCc1ccc(Cl)c([N+](=O)[O-])c1. The number of nitro benzene ring substituents is 1. The molecule has 0 amide bonds. The summed E-state index contributed by atoms with van der Waals surface area (Å²) in [6, 6.07) is 4.90. The minimum absolute atomic E-state index is 0.0260. The number of nitro groups is 1. The van der Waals surface area contributed by atoms with E-state index >= 15 is 0 Å². The second kappa shape index (κ2) is 5.68. The van der Waals surface area contributed by atoms with Gasteiger partial charge in [0, 0.05) is 6.07 Å². The highest BCUT2D eigenvalue weighted by Crippen LogP contribution is 2.25. The average molecular weight is 229 g/mol. The van der Waals surface area contributed by atoms with E-state index in [4.69, 9.17) is 17.3 Å². The second-order valence-corrected chi connectivity index (χ2v) is 3.70. The van der Waals surface area contributed by atoms with Crippen LogP contribution in [0, 0.1) is 10.1 Å². The first kappa shape index (κ1) is 11.9. The molecule has 0 heterocycles. The highest BCUT2D eigenvalue weighted by Gasteiger charge is 2.12. The lowest BCUT2D eigenvalue weighted by Crippen LogP contribution is -1.99. The van der Waals surface area contributed by atoms with Gasteiger partial charge in [-0.3, -0.25) is 10.1 Å². The van der Waals surface area contributed by atoms with Gasteiger partial charge in [-0.05, 0) is 37.4 Å². The van der Waals surface area contributed by atoms with Gasteiger partial charge in [-0.2, -0.15) is 0 Å². The quantitative estimate of drug-likeness (QED) is 0.478. The van der Waals surface area contributed by atoms with Gasteiger partial charge in [-0.1, -0.05) is 17.7 Å². The van der Waals surface area contributed by atoms with Crippen LogP contribution in [0.25, 0.3) is 0 Å². The summed E-state index contributed by atoms with van der Waals surface area (Å²) in [7, 11) is 0. The maximum absolute atomic E-state index is 10.6. The number of nitrogens with zero attached hydrogens (tertiary/aromatic N) is 1. The van der Waals surface area contributed by atoms with E-state index < -0.39 is 4.92 Å². The molecule has 0 fully saturated rings. The molecule has 0 aliphatic carbocycles. The molecule has 0 saturated heterocycles. The average Bonchev–Trinajstić information content (AvgIpc) is 2.20. The number of hydrogen-bond donors (Lipinski definition) is 1. The zero-order chi connectivity index (χ0) is 11.3. The van der Waals surface area contributed by atoms with Crippen LogP contribution in [0.5, 0.6) is 0 Å². The molecule has 0 aliphatic rings. The standard InChI is InChI=1S/C10H13ClN2O2/c11-9-5-4-8(3-1-2-6-12)7-10(9)13(14)15/h4-5,7H,1-3,6,12H2. The van der Waals surface area contributed by atoms with Crippen molar-refractivity contribution in [2.75, 3.05) is 6.54 Å². The van der Waals surface area contributed by atoms with Crippen molar-refractivity contribution in [2.24, 2.45) is 5.73 Å². The number of benzene rings is 1. The van der Waals surface area contributed by atoms with E-state index in [1.165, 1.54) is 6.07 Å². The summed E-state index contributed by atoms with van der Waals surface area (Å²) in [6.45, 7) is 0.648. The van der Waals surface area contributed by atoms with E-state index in [9.17, 15) is 10.1 Å². The number of aryl methyl sites for hydroxylation is 1. The Morgan fingerprint density at radius 3 is 2.73 bits per heavy atom. The van der Waals surface area contributed by atoms with Crippen LogP contribution < -0.4 is 5.73 Å². The van der Waals surface area contributed by atoms with Gasteiger partial charge in [-0.25, -0.2) is 0 Å². The van der Waals surface area contributed by atoms with Gasteiger partial charge in [0.2, 0.25) is 0 Å². The number of hydrogen-bond acceptors (Lipinski definition) is 3. The van der Waals surface area contributed by atoms with Crippen molar-refractivity contribution in [3.05, 3.63) is 38.9 Å².